The molecule has 4 N–H and O–H groups in total. The summed E-state index contributed by atoms with van der Waals surface area (Å²) in [7, 11) is 0. The van der Waals surface area contributed by atoms with Gasteiger partial charge in [0.2, 0.25) is 5.65 Å². The van der Waals surface area contributed by atoms with Crippen LogP contribution in [0.25, 0.3) is 34.0 Å². The van der Waals surface area contributed by atoms with E-state index in [0.717, 1.165) is 0 Å². The fourth-order valence-corrected chi connectivity index (χ4v) is 3.46. The van der Waals surface area contributed by atoms with E-state index in [9.17, 15) is 0 Å². The molecule has 6 aromatic rings. The smallest absolute Gasteiger partial charge is 0.202 e. The Balaban J connectivity index is 0.000000142. The van der Waals surface area contributed by atoms with Gasteiger partial charge < -0.3 is 11.5 Å². The molecule has 6 aromatic heterocycles. The quantitative estimate of drug-likeness (QED) is 0.366. The van der Waals surface area contributed by atoms with Gasteiger partial charge in [0.05, 0.1) is 33.8 Å². The van der Waals surface area contributed by atoms with E-state index >= 15 is 0 Å². The van der Waals surface area contributed by atoms with Crippen molar-refractivity contribution in [3.8, 4) is 11.6 Å². The normalized spacial score (nSPS) is 10.9. The van der Waals surface area contributed by atoms with E-state index in [1.807, 2.05) is 12.1 Å². The van der Waals surface area contributed by atoms with Crippen LogP contribution in [0.15, 0.2) is 61.2 Å². The van der Waals surface area contributed by atoms with Crippen molar-refractivity contribution in [2.45, 2.75) is 0 Å². The molecule has 14 heteroatoms. The van der Waals surface area contributed by atoms with Crippen molar-refractivity contribution in [3.63, 3.8) is 0 Å². The van der Waals surface area contributed by atoms with Gasteiger partial charge in [-0.15, -0.1) is 20.1 Å². The average molecular weight is 493 g/mol. The average Bonchev–Trinajstić information content (AvgIpc) is 3.44. The van der Waals surface area contributed by atoms with Gasteiger partial charge in [-0.25, -0.2) is 19.9 Å². The summed E-state index contributed by atoms with van der Waals surface area (Å²) in [4.78, 5) is 17.9. The lowest BCUT2D eigenvalue weighted by atomic mass is 10.4. The summed E-state index contributed by atoms with van der Waals surface area (Å²) in [5.41, 5.74) is 14.7. The van der Waals surface area contributed by atoms with Crippen LogP contribution in [0.2, 0.25) is 10.0 Å². The highest BCUT2D eigenvalue weighted by Gasteiger charge is 2.12. The monoisotopic (exact) mass is 492 g/mol. The van der Waals surface area contributed by atoms with Crippen LogP contribution in [0, 0.1) is 0 Å². The zero-order valence-electron chi connectivity index (χ0n) is 17.2. The number of rotatable bonds is 2. The van der Waals surface area contributed by atoms with Crippen molar-refractivity contribution < 1.29 is 0 Å². The van der Waals surface area contributed by atoms with Crippen molar-refractivity contribution in [2.24, 2.45) is 0 Å². The third-order valence-corrected chi connectivity index (χ3v) is 5.00. The Morgan fingerprint density at radius 1 is 0.735 bits per heavy atom. The Morgan fingerprint density at radius 2 is 1.38 bits per heavy atom. The number of anilines is 2. The summed E-state index contributed by atoms with van der Waals surface area (Å²) in [6.07, 6.45) is 6.33. The standard InChI is InChI=1S/2C10H7ClN6/c11-7-4-6(12)5-14-10(7)17-15-8-2-1-3-13-9(8)16-17;11-7-4-6(12)5-14-9(7)17-10-8(15-16-17)2-1-3-13-10/h2*1-5H,12H2. The van der Waals surface area contributed by atoms with Crippen molar-refractivity contribution in [1.29, 1.82) is 0 Å². The second-order valence-corrected chi connectivity index (χ2v) is 7.65. The molecular weight excluding hydrogens is 479 g/mol. The third-order valence-electron chi connectivity index (χ3n) is 4.44. The van der Waals surface area contributed by atoms with Crippen LogP contribution >= 0.6 is 23.2 Å². The number of pyridine rings is 4. The molecule has 0 amide bonds. The molecule has 168 valence electrons. The van der Waals surface area contributed by atoms with Crippen molar-refractivity contribution >= 4 is 56.9 Å². The maximum atomic E-state index is 6.06. The number of hydrogen-bond donors (Lipinski definition) is 2. The van der Waals surface area contributed by atoms with Crippen LogP contribution in [0.5, 0.6) is 0 Å². The first kappa shape index (κ1) is 21.4. The van der Waals surface area contributed by atoms with Crippen molar-refractivity contribution in [2.75, 3.05) is 11.5 Å². The largest absolute Gasteiger partial charge is 0.397 e. The highest BCUT2D eigenvalue weighted by Crippen LogP contribution is 2.22. The Morgan fingerprint density at radius 3 is 2.06 bits per heavy atom. The molecule has 0 spiro atoms. The summed E-state index contributed by atoms with van der Waals surface area (Å²) in [5.74, 6) is 0.890. The number of nitrogens with zero attached hydrogens (tertiary/aromatic N) is 10. The van der Waals surface area contributed by atoms with E-state index < -0.39 is 0 Å². The van der Waals surface area contributed by atoms with Crippen LogP contribution in [0.1, 0.15) is 0 Å². The number of halogens is 2. The predicted octanol–water partition coefficient (Wildman–Crippen LogP) is 2.89. The number of fused-ring (bicyclic) bond motifs is 2. The summed E-state index contributed by atoms with van der Waals surface area (Å²) >= 11 is 12.1. The molecule has 0 atom stereocenters. The molecule has 12 nitrogen and oxygen atoms in total. The SMILES string of the molecule is Nc1cnc(-n2nc3cccnc3n2)c(Cl)c1.Nc1cnc(-n2nnc3cccnc32)c(Cl)c1. The first-order valence-corrected chi connectivity index (χ1v) is 10.4. The van der Waals surface area contributed by atoms with Gasteiger partial charge in [-0.05, 0) is 36.4 Å². The van der Waals surface area contributed by atoms with Gasteiger partial charge >= 0.3 is 0 Å². The number of aromatic nitrogens is 10. The number of nitrogen functional groups attached to an aromatic ring is 2. The Bertz CT molecular complexity index is 1590. The van der Waals surface area contributed by atoms with Gasteiger partial charge in [0.25, 0.3) is 0 Å². The summed E-state index contributed by atoms with van der Waals surface area (Å²) in [6, 6.07) is 10.4. The maximum absolute atomic E-state index is 6.06. The molecule has 0 unspecified atom stereocenters. The lowest BCUT2D eigenvalue weighted by molar-refractivity contribution is 0.740. The van der Waals surface area contributed by atoms with Gasteiger partial charge in [0, 0.05) is 12.4 Å². The highest BCUT2D eigenvalue weighted by atomic mass is 35.5. The second-order valence-electron chi connectivity index (χ2n) is 6.83. The second kappa shape index (κ2) is 8.84. The van der Waals surface area contributed by atoms with Gasteiger partial charge in [0.1, 0.15) is 11.0 Å². The molecule has 0 saturated carbocycles. The third kappa shape index (κ3) is 4.14. The summed E-state index contributed by atoms with van der Waals surface area (Å²) in [5, 5.41) is 17.2. The fraction of sp³-hybridized carbons (Fsp3) is 0. The van der Waals surface area contributed by atoms with E-state index in [4.69, 9.17) is 34.7 Å². The molecule has 0 fully saturated rings. The molecule has 6 rings (SSSR count). The van der Waals surface area contributed by atoms with E-state index in [2.05, 4.69) is 40.4 Å². The van der Waals surface area contributed by atoms with E-state index in [1.165, 1.54) is 21.9 Å². The van der Waals surface area contributed by atoms with Gasteiger partial charge in [-0.1, -0.05) is 28.4 Å². The van der Waals surface area contributed by atoms with Crippen LogP contribution in [-0.2, 0) is 0 Å². The Labute approximate surface area is 201 Å². The Hall–Kier alpha value is -4.42. The number of hydrogen-bond acceptors (Lipinski definition) is 10. The van der Waals surface area contributed by atoms with Gasteiger partial charge in [0.15, 0.2) is 17.3 Å². The first-order valence-electron chi connectivity index (χ1n) is 9.67. The molecule has 6 heterocycles. The zero-order valence-corrected chi connectivity index (χ0v) is 18.7. The van der Waals surface area contributed by atoms with Gasteiger partial charge in [-0.2, -0.15) is 4.68 Å². The lowest BCUT2D eigenvalue weighted by Gasteiger charge is -2.03. The highest BCUT2D eigenvalue weighted by molar-refractivity contribution is 6.32. The van der Waals surface area contributed by atoms with Crippen LogP contribution in [0.4, 0.5) is 11.4 Å². The van der Waals surface area contributed by atoms with Crippen LogP contribution in [-0.4, -0.2) is 49.9 Å². The fourth-order valence-electron chi connectivity index (χ4n) is 2.95. The molecular formula is C20H14Cl2N12. The molecule has 0 aromatic carbocycles. The summed E-state index contributed by atoms with van der Waals surface area (Å²) in [6.45, 7) is 0. The molecule has 0 aliphatic carbocycles. The van der Waals surface area contributed by atoms with Crippen molar-refractivity contribution in [3.05, 3.63) is 71.2 Å². The minimum Gasteiger partial charge on any atom is -0.397 e. The van der Waals surface area contributed by atoms with Crippen LogP contribution < -0.4 is 11.5 Å². The predicted molar refractivity (Wildman–Crippen MR) is 128 cm³/mol. The lowest BCUT2D eigenvalue weighted by Crippen LogP contribution is -2.03. The number of nitrogens with two attached hydrogens (primary N) is 2. The Kier molecular flexibility index (Phi) is 5.57. The maximum Gasteiger partial charge on any atom is 0.202 e. The summed E-state index contributed by atoms with van der Waals surface area (Å²) < 4.78 is 1.48. The minimum absolute atomic E-state index is 0.394. The van der Waals surface area contributed by atoms with E-state index in [-0.39, 0.29) is 0 Å². The molecule has 0 aliphatic rings. The molecule has 0 radical (unpaired) electrons. The first-order chi connectivity index (χ1) is 16.5. The molecule has 34 heavy (non-hydrogen) atoms. The van der Waals surface area contributed by atoms with Crippen LogP contribution in [0.3, 0.4) is 0 Å². The molecule has 0 aliphatic heterocycles. The van der Waals surface area contributed by atoms with E-state index in [0.29, 0.717) is 55.4 Å². The van der Waals surface area contributed by atoms with E-state index in [1.54, 1.807) is 36.7 Å². The topological polar surface area (TPSA) is 165 Å². The minimum atomic E-state index is 0.394. The van der Waals surface area contributed by atoms with Crippen molar-refractivity contribution in [1.82, 2.24) is 49.9 Å². The zero-order chi connectivity index (χ0) is 23.7. The molecule has 0 bridgehead atoms. The molecule has 0 saturated heterocycles. The van der Waals surface area contributed by atoms with Gasteiger partial charge in [-0.3, -0.25) is 0 Å².